The largest absolute Gasteiger partial charge is 0.384 e. The van der Waals surface area contributed by atoms with E-state index in [1.165, 1.54) is 18.2 Å². The Morgan fingerprint density at radius 2 is 2.22 bits per heavy atom. The number of amides is 2. The summed E-state index contributed by atoms with van der Waals surface area (Å²) in [6.07, 6.45) is 2.65. The van der Waals surface area contributed by atoms with E-state index in [1.807, 2.05) is 0 Å². The van der Waals surface area contributed by atoms with Crippen molar-refractivity contribution >= 4 is 29.1 Å². The zero-order valence-corrected chi connectivity index (χ0v) is 15.7. The van der Waals surface area contributed by atoms with Crippen molar-refractivity contribution in [1.29, 1.82) is 0 Å². The normalized spacial score (nSPS) is 27.4. The van der Waals surface area contributed by atoms with Gasteiger partial charge in [0.15, 0.2) is 0 Å². The summed E-state index contributed by atoms with van der Waals surface area (Å²) in [5, 5.41) is 17.3. The SMILES string of the molecule is COCC1CC(=O)NC2CC(NC(=O)c3cc(Cl)ccc3[N+](=O)[O-])CCC12. The van der Waals surface area contributed by atoms with Crippen molar-refractivity contribution in [1.82, 2.24) is 10.6 Å². The molecule has 0 radical (unpaired) electrons. The zero-order chi connectivity index (χ0) is 19.6. The molecular weight excluding hydrogens is 374 g/mol. The van der Waals surface area contributed by atoms with Gasteiger partial charge < -0.3 is 15.4 Å². The summed E-state index contributed by atoms with van der Waals surface area (Å²) in [4.78, 5) is 35.1. The summed E-state index contributed by atoms with van der Waals surface area (Å²) < 4.78 is 5.25. The minimum atomic E-state index is -0.598. The maximum absolute atomic E-state index is 12.6. The number of nitro benzene ring substituents is 1. The molecule has 1 saturated heterocycles. The Kier molecular flexibility index (Phi) is 5.96. The van der Waals surface area contributed by atoms with Crippen LogP contribution < -0.4 is 10.6 Å². The van der Waals surface area contributed by atoms with Crippen LogP contribution in [0.4, 0.5) is 5.69 Å². The molecule has 9 heteroatoms. The number of hydrogen-bond acceptors (Lipinski definition) is 5. The second kappa shape index (κ2) is 8.22. The molecule has 2 amide bonds. The molecule has 8 nitrogen and oxygen atoms in total. The molecule has 2 aliphatic rings. The van der Waals surface area contributed by atoms with E-state index >= 15 is 0 Å². The van der Waals surface area contributed by atoms with Gasteiger partial charge in [0.1, 0.15) is 5.56 Å². The number of rotatable bonds is 5. The number of nitro groups is 1. The number of fused-ring (bicyclic) bond motifs is 1. The summed E-state index contributed by atoms with van der Waals surface area (Å²) in [6, 6.07) is 3.72. The minimum absolute atomic E-state index is 0.00393. The highest BCUT2D eigenvalue weighted by molar-refractivity contribution is 6.31. The predicted molar refractivity (Wildman–Crippen MR) is 98.6 cm³/mol. The number of nitrogens with zero attached hydrogens (tertiary/aromatic N) is 1. The van der Waals surface area contributed by atoms with E-state index in [4.69, 9.17) is 16.3 Å². The average molecular weight is 396 g/mol. The first kappa shape index (κ1) is 19.6. The Balaban J connectivity index is 1.69. The molecule has 3 rings (SSSR count). The van der Waals surface area contributed by atoms with Gasteiger partial charge in [-0.2, -0.15) is 0 Å². The molecule has 1 heterocycles. The van der Waals surface area contributed by atoms with Gasteiger partial charge in [-0.05, 0) is 43.2 Å². The number of halogens is 1. The maximum Gasteiger partial charge on any atom is 0.282 e. The van der Waals surface area contributed by atoms with E-state index in [9.17, 15) is 19.7 Å². The molecular formula is C18H22ClN3O5. The highest BCUT2D eigenvalue weighted by Gasteiger charge is 2.41. The second-order valence-corrected chi connectivity index (χ2v) is 7.60. The molecule has 4 unspecified atom stereocenters. The van der Waals surface area contributed by atoms with Crippen molar-refractivity contribution in [3.05, 3.63) is 38.9 Å². The van der Waals surface area contributed by atoms with E-state index in [2.05, 4.69) is 10.6 Å². The predicted octanol–water partition coefficient (Wildman–Crippen LogP) is 2.30. The van der Waals surface area contributed by atoms with E-state index in [0.717, 1.165) is 12.8 Å². The highest BCUT2D eigenvalue weighted by atomic mass is 35.5. The van der Waals surface area contributed by atoms with Crippen LogP contribution in [0, 0.1) is 22.0 Å². The zero-order valence-electron chi connectivity index (χ0n) is 14.9. The van der Waals surface area contributed by atoms with Crippen molar-refractivity contribution in [3.8, 4) is 0 Å². The number of carbonyl (C=O) groups excluding carboxylic acids is 2. The van der Waals surface area contributed by atoms with Crippen molar-refractivity contribution in [2.24, 2.45) is 11.8 Å². The van der Waals surface area contributed by atoms with E-state index < -0.39 is 10.8 Å². The molecule has 1 aliphatic carbocycles. The van der Waals surface area contributed by atoms with Crippen LogP contribution in [0.15, 0.2) is 18.2 Å². The first-order valence-electron chi connectivity index (χ1n) is 8.92. The molecule has 0 aromatic heterocycles. The van der Waals surface area contributed by atoms with Gasteiger partial charge in [0, 0.05) is 43.3 Å². The maximum atomic E-state index is 12.6. The van der Waals surface area contributed by atoms with Crippen LogP contribution >= 0.6 is 11.6 Å². The third-order valence-corrected chi connectivity index (χ3v) is 5.65. The quantitative estimate of drug-likeness (QED) is 0.587. The van der Waals surface area contributed by atoms with Crippen LogP contribution in [0.1, 0.15) is 36.0 Å². The van der Waals surface area contributed by atoms with E-state index in [1.54, 1.807) is 7.11 Å². The van der Waals surface area contributed by atoms with E-state index in [0.29, 0.717) is 25.4 Å². The monoisotopic (exact) mass is 395 g/mol. The number of piperidine rings is 1. The fourth-order valence-electron chi connectivity index (χ4n) is 4.22. The fraction of sp³-hybridized carbons (Fsp3) is 0.556. The molecule has 146 valence electrons. The number of ether oxygens (including phenoxy) is 1. The van der Waals surface area contributed by atoms with Gasteiger partial charge >= 0.3 is 0 Å². The van der Waals surface area contributed by atoms with Gasteiger partial charge in [-0.1, -0.05) is 11.6 Å². The fourth-order valence-corrected chi connectivity index (χ4v) is 4.39. The van der Waals surface area contributed by atoms with Gasteiger partial charge in [0.2, 0.25) is 5.91 Å². The Morgan fingerprint density at radius 1 is 1.44 bits per heavy atom. The van der Waals surface area contributed by atoms with Gasteiger partial charge in [-0.15, -0.1) is 0 Å². The third-order valence-electron chi connectivity index (χ3n) is 5.42. The number of carbonyl (C=O) groups is 2. The van der Waals surface area contributed by atoms with Crippen LogP contribution in [0.5, 0.6) is 0 Å². The lowest BCUT2D eigenvalue weighted by atomic mass is 9.71. The first-order valence-corrected chi connectivity index (χ1v) is 9.30. The lowest BCUT2D eigenvalue weighted by Crippen LogP contribution is -2.56. The number of benzene rings is 1. The average Bonchev–Trinajstić information content (AvgIpc) is 2.61. The van der Waals surface area contributed by atoms with Gasteiger partial charge in [-0.3, -0.25) is 19.7 Å². The van der Waals surface area contributed by atoms with Crippen LogP contribution in [0.25, 0.3) is 0 Å². The Labute approximate surface area is 161 Å². The van der Waals surface area contributed by atoms with Crippen LogP contribution in [0.2, 0.25) is 5.02 Å². The highest BCUT2D eigenvalue weighted by Crippen LogP contribution is 2.36. The minimum Gasteiger partial charge on any atom is -0.384 e. The summed E-state index contributed by atoms with van der Waals surface area (Å²) in [7, 11) is 1.63. The lowest BCUT2D eigenvalue weighted by Gasteiger charge is -2.43. The second-order valence-electron chi connectivity index (χ2n) is 7.16. The van der Waals surface area contributed by atoms with Crippen molar-refractivity contribution in [2.45, 2.75) is 37.8 Å². The summed E-state index contributed by atoms with van der Waals surface area (Å²) >= 11 is 5.90. The molecule has 2 fully saturated rings. The molecule has 0 bridgehead atoms. The van der Waals surface area contributed by atoms with Crippen LogP contribution in [-0.2, 0) is 9.53 Å². The number of nitrogens with one attached hydrogen (secondary N) is 2. The molecule has 2 N–H and O–H groups in total. The van der Waals surface area contributed by atoms with Crippen molar-refractivity contribution < 1.29 is 19.2 Å². The Hall–Kier alpha value is -2.19. The molecule has 0 spiro atoms. The van der Waals surface area contributed by atoms with Gasteiger partial charge in [0.05, 0.1) is 4.92 Å². The Bertz CT molecular complexity index is 757. The standard InChI is InChI=1S/C18H22ClN3O5/c1-27-9-10-6-17(23)21-15-8-12(3-4-13(10)15)20-18(24)14-7-11(19)2-5-16(14)22(25)26/h2,5,7,10,12-13,15H,3-4,6,8-9H2,1H3,(H,20,24)(H,21,23). The molecule has 1 aliphatic heterocycles. The van der Waals surface area contributed by atoms with Crippen molar-refractivity contribution in [3.63, 3.8) is 0 Å². The topological polar surface area (TPSA) is 111 Å². The number of hydrogen-bond donors (Lipinski definition) is 2. The summed E-state index contributed by atoms with van der Waals surface area (Å²) in [5.74, 6) is -0.0327. The smallest absolute Gasteiger partial charge is 0.282 e. The molecule has 4 atom stereocenters. The van der Waals surface area contributed by atoms with Crippen LogP contribution in [-0.4, -0.2) is 42.5 Å². The van der Waals surface area contributed by atoms with Crippen LogP contribution in [0.3, 0.4) is 0 Å². The number of methoxy groups -OCH3 is 1. The molecule has 1 aromatic rings. The Morgan fingerprint density at radius 3 is 2.93 bits per heavy atom. The summed E-state index contributed by atoms with van der Waals surface area (Å²) in [5.41, 5.74) is -0.337. The van der Waals surface area contributed by atoms with Gasteiger partial charge in [-0.25, -0.2) is 0 Å². The van der Waals surface area contributed by atoms with Crippen molar-refractivity contribution in [2.75, 3.05) is 13.7 Å². The lowest BCUT2D eigenvalue weighted by molar-refractivity contribution is -0.385. The van der Waals surface area contributed by atoms with Gasteiger partial charge in [0.25, 0.3) is 11.6 Å². The third kappa shape index (κ3) is 4.39. The van der Waals surface area contributed by atoms with E-state index in [-0.39, 0.29) is 40.2 Å². The molecule has 1 aromatic carbocycles. The first-order chi connectivity index (χ1) is 12.9. The summed E-state index contributed by atoms with van der Waals surface area (Å²) in [6.45, 7) is 0.542. The molecule has 1 saturated carbocycles. The molecule has 27 heavy (non-hydrogen) atoms.